The van der Waals surface area contributed by atoms with E-state index in [0.29, 0.717) is 5.82 Å². The molecule has 4 rings (SSSR count). The molecule has 2 aromatic carbocycles. The highest BCUT2D eigenvalue weighted by Crippen LogP contribution is 2.28. The molecule has 1 aromatic heterocycles. The number of nitrogens with zero attached hydrogens (tertiary/aromatic N) is 4. The van der Waals surface area contributed by atoms with Gasteiger partial charge in [0.05, 0.1) is 18.9 Å². The van der Waals surface area contributed by atoms with Crippen molar-refractivity contribution >= 4 is 17.5 Å². The largest absolute Gasteiger partial charge is 0.497 e. The van der Waals surface area contributed by atoms with Crippen LogP contribution in [-0.4, -0.2) is 33.4 Å². The summed E-state index contributed by atoms with van der Waals surface area (Å²) in [5.41, 5.74) is 9.33. The van der Waals surface area contributed by atoms with Crippen LogP contribution in [0.1, 0.15) is 23.0 Å². The summed E-state index contributed by atoms with van der Waals surface area (Å²) in [7, 11) is 1.66. The van der Waals surface area contributed by atoms with E-state index in [0.717, 1.165) is 33.5 Å². The smallest absolute Gasteiger partial charge is 0.212 e. The van der Waals surface area contributed by atoms with Crippen LogP contribution in [0.5, 0.6) is 5.75 Å². The molecule has 126 valence electrons. The van der Waals surface area contributed by atoms with Crippen molar-refractivity contribution < 1.29 is 4.74 Å². The number of hydrogen-bond donors (Lipinski definition) is 1. The van der Waals surface area contributed by atoms with Crippen LogP contribution in [0, 0.1) is 0 Å². The van der Waals surface area contributed by atoms with E-state index >= 15 is 0 Å². The molecule has 0 saturated heterocycles. The molecular formula is C18H17N5OS. The number of aromatic nitrogens is 3. The van der Waals surface area contributed by atoms with Crippen LogP contribution in [-0.2, 0) is 0 Å². The van der Waals surface area contributed by atoms with Gasteiger partial charge in [-0.1, -0.05) is 54.2 Å². The van der Waals surface area contributed by atoms with Gasteiger partial charge in [-0.2, -0.15) is 9.78 Å². The molecule has 0 saturated carbocycles. The van der Waals surface area contributed by atoms with Gasteiger partial charge in [-0.25, -0.2) is 0 Å². The van der Waals surface area contributed by atoms with E-state index < -0.39 is 0 Å². The first kappa shape index (κ1) is 15.9. The van der Waals surface area contributed by atoms with Crippen LogP contribution in [0.3, 0.4) is 0 Å². The molecule has 0 fully saturated rings. The van der Waals surface area contributed by atoms with Gasteiger partial charge in [0, 0.05) is 11.3 Å². The lowest BCUT2D eigenvalue weighted by atomic mass is 10.1. The summed E-state index contributed by atoms with van der Waals surface area (Å²) in [6, 6.07) is 17.3. The minimum atomic E-state index is -0.378. The molecule has 25 heavy (non-hydrogen) atoms. The molecule has 0 amide bonds. The van der Waals surface area contributed by atoms with Crippen LogP contribution in [0.15, 0.2) is 64.9 Å². The van der Waals surface area contributed by atoms with Crippen molar-refractivity contribution in [3.05, 3.63) is 71.5 Å². The van der Waals surface area contributed by atoms with Gasteiger partial charge >= 0.3 is 0 Å². The van der Waals surface area contributed by atoms with Crippen LogP contribution in [0.4, 0.5) is 0 Å². The van der Waals surface area contributed by atoms with Crippen LogP contribution < -0.4 is 10.5 Å². The quantitative estimate of drug-likeness (QED) is 0.782. The zero-order valence-electron chi connectivity index (χ0n) is 13.7. The number of hydrogen-bond acceptors (Lipinski definition) is 6. The van der Waals surface area contributed by atoms with Gasteiger partial charge in [-0.15, -0.1) is 10.2 Å². The Morgan fingerprint density at radius 2 is 1.96 bits per heavy atom. The molecule has 6 nitrogen and oxygen atoms in total. The number of ether oxygens (including phenoxy) is 1. The summed E-state index contributed by atoms with van der Waals surface area (Å²) in [5.74, 6) is 2.17. The molecule has 1 aliphatic rings. The Morgan fingerprint density at radius 1 is 1.12 bits per heavy atom. The lowest BCUT2D eigenvalue weighted by Gasteiger charge is -2.16. The van der Waals surface area contributed by atoms with Crippen LogP contribution in [0.25, 0.3) is 0 Å². The van der Waals surface area contributed by atoms with Crippen molar-refractivity contribution in [3.8, 4) is 5.75 Å². The zero-order chi connectivity index (χ0) is 17.2. The van der Waals surface area contributed by atoms with E-state index in [1.165, 1.54) is 0 Å². The predicted octanol–water partition coefficient (Wildman–Crippen LogP) is 2.69. The first-order chi connectivity index (χ1) is 12.3. The Morgan fingerprint density at radius 3 is 2.76 bits per heavy atom. The second-order valence-corrected chi connectivity index (χ2v) is 6.55. The average Bonchev–Trinajstić information content (AvgIpc) is 3.11. The van der Waals surface area contributed by atoms with Crippen molar-refractivity contribution in [2.75, 3.05) is 12.9 Å². The number of nitrogens with two attached hydrogens (primary N) is 1. The molecule has 1 aliphatic heterocycles. The Balaban J connectivity index is 1.73. The van der Waals surface area contributed by atoms with Gasteiger partial charge in [0.2, 0.25) is 5.16 Å². The SMILES string of the molecule is COc1cccc(C2=Nn3c(nnc3C(N)c3ccccc3)SC2)c1. The molecule has 3 aromatic rings. The van der Waals surface area contributed by atoms with Crippen molar-refractivity contribution in [3.63, 3.8) is 0 Å². The Hall–Kier alpha value is -2.64. The third kappa shape index (κ3) is 3.04. The third-order valence-electron chi connectivity index (χ3n) is 4.03. The fraction of sp³-hybridized carbons (Fsp3) is 0.167. The van der Waals surface area contributed by atoms with Gasteiger partial charge in [0.1, 0.15) is 5.75 Å². The van der Waals surface area contributed by atoms with Crippen LogP contribution in [0.2, 0.25) is 0 Å². The highest BCUT2D eigenvalue weighted by Gasteiger charge is 2.24. The predicted molar refractivity (Wildman–Crippen MR) is 98.1 cm³/mol. The average molecular weight is 351 g/mol. The minimum Gasteiger partial charge on any atom is -0.497 e. The minimum absolute atomic E-state index is 0.378. The number of fused-ring (bicyclic) bond motifs is 1. The molecule has 1 atom stereocenters. The van der Waals surface area contributed by atoms with Crippen molar-refractivity contribution in [1.82, 2.24) is 14.9 Å². The van der Waals surface area contributed by atoms with E-state index in [1.807, 2.05) is 54.6 Å². The fourth-order valence-corrected chi connectivity index (χ4v) is 3.54. The number of benzene rings is 2. The molecule has 0 aliphatic carbocycles. The monoisotopic (exact) mass is 351 g/mol. The molecular weight excluding hydrogens is 334 g/mol. The maximum absolute atomic E-state index is 6.39. The number of thioether (sulfide) groups is 1. The van der Waals surface area contributed by atoms with E-state index in [1.54, 1.807) is 23.5 Å². The molecule has 2 N–H and O–H groups in total. The third-order valence-corrected chi connectivity index (χ3v) is 4.97. The Labute approximate surface area is 149 Å². The molecule has 1 unspecified atom stereocenters. The number of rotatable bonds is 4. The van der Waals surface area contributed by atoms with Gasteiger partial charge in [0.15, 0.2) is 5.82 Å². The standard InChI is InChI=1S/C18H17N5OS/c1-24-14-9-5-8-13(10-14)15-11-25-18-21-20-17(23(18)22-15)16(19)12-6-3-2-4-7-12/h2-10,16H,11,19H2,1H3. The number of methoxy groups -OCH3 is 1. The summed E-state index contributed by atoms with van der Waals surface area (Å²) >= 11 is 1.60. The maximum atomic E-state index is 6.39. The molecule has 0 radical (unpaired) electrons. The van der Waals surface area contributed by atoms with Gasteiger partial charge in [-0.3, -0.25) is 0 Å². The first-order valence-electron chi connectivity index (χ1n) is 7.87. The second-order valence-electron chi connectivity index (χ2n) is 5.61. The summed E-state index contributed by atoms with van der Waals surface area (Å²) in [5, 5.41) is 14.0. The fourth-order valence-electron chi connectivity index (χ4n) is 2.69. The summed E-state index contributed by atoms with van der Waals surface area (Å²) in [6.45, 7) is 0. The van der Waals surface area contributed by atoms with Crippen molar-refractivity contribution in [2.24, 2.45) is 10.8 Å². The van der Waals surface area contributed by atoms with E-state index in [4.69, 9.17) is 15.6 Å². The van der Waals surface area contributed by atoms with E-state index in [9.17, 15) is 0 Å². The highest BCUT2D eigenvalue weighted by molar-refractivity contribution is 7.99. The van der Waals surface area contributed by atoms with Crippen molar-refractivity contribution in [1.29, 1.82) is 0 Å². The Kier molecular flexibility index (Phi) is 4.25. The molecule has 7 heteroatoms. The van der Waals surface area contributed by atoms with Crippen molar-refractivity contribution in [2.45, 2.75) is 11.2 Å². The van der Waals surface area contributed by atoms with Gasteiger partial charge < -0.3 is 10.5 Å². The van der Waals surface area contributed by atoms with E-state index in [-0.39, 0.29) is 6.04 Å². The topological polar surface area (TPSA) is 78.3 Å². The molecule has 2 heterocycles. The van der Waals surface area contributed by atoms with Crippen LogP contribution >= 0.6 is 11.8 Å². The summed E-state index contributed by atoms with van der Waals surface area (Å²) in [4.78, 5) is 0. The second kappa shape index (κ2) is 6.70. The summed E-state index contributed by atoms with van der Waals surface area (Å²) < 4.78 is 7.06. The Bertz CT molecular complexity index is 922. The normalized spacial score (nSPS) is 14.6. The highest BCUT2D eigenvalue weighted by atomic mass is 32.2. The lowest BCUT2D eigenvalue weighted by Crippen LogP contribution is -2.20. The van der Waals surface area contributed by atoms with Gasteiger partial charge in [-0.05, 0) is 17.7 Å². The zero-order valence-corrected chi connectivity index (χ0v) is 14.5. The molecule has 0 bridgehead atoms. The van der Waals surface area contributed by atoms with Gasteiger partial charge in [0.25, 0.3) is 0 Å². The summed E-state index contributed by atoms with van der Waals surface area (Å²) in [6.07, 6.45) is 0. The maximum Gasteiger partial charge on any atom is 0.212 e. The van der Waals surface area contributed by atoms with E-state index in [2.05, 4.69) is 10.2 Å². The molecule has 0 spiro atoms. The lowest BCUT2D eigenvalue weighted by molar-refractivity contribution is 0.414. The first-order valence-corrected chi connectivity index (χ1v) is 8.86.